The van der Waals surface area contributed by atoms with Crippen LogP contribution < -0.4 is 0 Å². The molecular weight excluding hydrogens is 333 g/mol. The Morgan fingerprint density at radius 3 is 2.33 bits per heavy atom. The minimum atomic E-state index is 0.551. The molecule has 0 radical (unpaired) electrons. The highest BCUT2D eigenvalue weighted by atomic mass is 127. The predicted molar refractivity (Wildman–Crippen MR) is 86.1 cm³/mol. The van der Waals surface area contributed by atoms with Gasteiger partial charge in [-0.2, -0.15) is 0 Å². The third-order valence-corrected chi connectivity index (χ3v) is 3.40. The van der Waals surface area contributed by atoms with Gasteiger partial charge in [0.25, 0.3) is 0 Å². The van der Waals surface area contributed by atoms with Crippen molar-refractivity contribution < 1.29 is 0 Å². The molecule has 0 aromatic heterocycles. The van der Waals surface area contributed by atoms with Gasteiger partial charge in [0, 0.05) is 9.13 Å². The smallest absolute Gasteiger partial charge is 0.0615 e. The highest BCUT2D eigenvalue weighted by molar-refractivity contribution is 14.1. The molecule has 0 heterocycles. The van der Waals surface area contributed by atoms with E-state index < -0.39 is 0 Å². The molecule has 2 aromatic rings. The van der Waals surface area contributed by atoms with Gasteiger partial charge in [-0.1, -0.05) is 42.5 Å². The number of benzene rings is 2. The van der Waals surface area contributed by atoms with E-state index in [0.29, 0.717) is 5.71 Å². The van der Waals surface area contributed by atoms with Crippen LogP contribution in [0.25, 0.3) is 5.57 Å². The van der Waals surface area contributed by atoms with Gasteiger partial charge in [0.1, 0.15) is 0 Å². The van der Waals surface area contributed by atoms with Crippen LogP contribution in [0.15, 0.2) is 60.7 Å². The van der Waals surface area contributed by atoms with Gasteiger partial charge in [-0.3, -0.25) is 0 Å². The van der Waals surface area contributed by atoms with Crippen LogP contribution in [-0.4, -0.2) is 5.71 Å². The zero-order valence-corrected chi connectivity index (χ0v) is 12.3. The molecule has 0 bridgehead atoms. The summed E-state index contributed by atoms with van der Waals surface area (Å²) in [5.74, 6) is 0. The minimum absolute atomic E-state index is 0.551. The zero-order valence-electron chi connectivity index (χ0n) is 10.2. The predicted octanol–water partition coefficient (Wildman–Crippen LogP) is 4.76. The summed E-state index contributed by atoms with van der Waals surface area (Å²) >= 11 is 2.27. The zero-order chi connectivity index (χ0) is 13.0. The first-order chi connectivity index (χ1) is 8.66. The minimum Gasteiger partial charge on any atom is -0.300 e. The molecule has 0 spiro atoms. The average Bonchev–Trinajstić information content (AvgIpc) is 2.39. The van der Waals surface area contributed by atoms with Gasteiger partial charge in [0.2, 0.25) is 0 Å². The van der Waals surface area contributed by atoms with Crippen LogP contribution in [0.3, 0.4) is 0 Å². The van der Waals surface area contributed by atoms with E-state index in [1.54, 1.807) is 0 Å². The Morgan fingerprint density at radius 2 is 1.67 bits per heavy atom. The third-order valence-electron chi connectivity index (χ3n) is 2.73. The number of allylic oxidation sites excluding steroid dienone is 2. The monoisotopic (exact) mass is 347 g/mol. The van der Waals surface area contributed by atoms with Crippen molar-refractivity contribution in [1.82, 2.24) is 0 Å². The highest BCUT2D eigenvalue weighted by Crippen LogP contribution is 2.15. The highest BCUT2D eigenvalue weighted by Gasteiger charge is 2.01. The maximum absolute atomic E-state index is 8.13. The molecule has 0 atom stereocenters. The van der Waals surface area contributed by atoms with Crippen molar-refractivity contribution in [2.45, 2.75) is 6.92 Å². The van der Waals surface area contributed by atoms with Gasteiger partial charge in [-0.15, -0.1) is 0 Å². The Kier molecular flexibility index (Phi) is 4.31. The molecule has 0 amide bonds. The van der Waals surface area contributed by atoms with E-state index >= 15 is 0 Å². The van der Waals surface area contributed by atoms with Crippen molar-refractivity contribution in [3.63, 3.8) is 0 Å². The van der Waals surface area contributed by atoms with Crippen molar-refractivity contribution in [2.24, 2.45) is 0 Å². The van der Waals surface area contributed by atoms with Gasteiger partial charge in [-0.25, -0.2) is 0 Å². The van der Waals surface area contributed by atoms with E-state index in [1.807, 2.05) is 55.5 Å². The molecule has 0 aliphatic rings. The second kappa shape index (κ2) is 5.96. The van der Waals surface area contributed by atoms with Crippen LogP contribution in [0.2, 0.25) is 0 Å². The van der Waals surface area contributed by atoms with Crippen LogP contribution in [0.4, 0.5) is 0 Å². The Balaban J connectivity index is 2.26. The molecule has 1 N–H and O–H groups in total. The molecular formula is C16H14IN. The second-order valence-corrected chi connectivity index (χ2v) is 5.36. The number of hydrogen-bond acceptors (Lipinski definition) is 1. The third kappa shape index (κ3) is 3.29. The molecule has 1 nitrogen and oxygen atoms in total. The Hall–Kier alpha value is -1.42. The summed E-state index contributed by atoms with van der Waals surface area (Å²) < 4.78 is 1.15. The molecule has 18 heavy (non-hydrogen) atoms. The van der Waals surface area contributed by atoms with E-state index in [4.69, 9.17) is 5.41 Å². The lowest BCUT2D eigenvalue weighted by molar-refractivity contribution is 1.47. The lowest BCUT2D eigenvalue weighted by Gasteiger charge is -2.04. The number of hydrogen-bond donors (Lipinski definition) is 1. The Morgan fingerprint density at radius 1 is 1.00 bits per heavy atom. The molecule has 0 aliphatic carbocycles. The Bertz CT molecular complexity index is 585. The summed E-state index contributed by atoms with van der Waals surface area (Å²) in [6.45, 7) is 2.04. The normalized spacial score (nSPS) is 11.3. The van der Waals surface area contributed by atoms with Crippen molar-refractivity contribution in [2.75, 3.05) is 0 Å². The molecule has 0 saturated heterocycles. The average molecular weight is 347 g/mol. The lowest BCUT2D eigenvalue weighted by Crippen LogP contribution is -1.96. The van der Waals surface area contributed by atoms with Crippen molar-refractivity contribution in [1.29, 1.82) is 5.41 Å². The molecule has 2 rings (SSSR count). The SMILES string of the molecule is C/C(=C\C(=N)c1cccc(I)c1)c1ccccc1. The number of nitrogens with one attached hydrogen (secondary N) is 1. The van der Waals surface area contributed by atoms with Crippen LogP contribution in [0, 0.1) is 8.98 Å². The summed E-state index contributed by atoms with van der Waals surface area (Å²) in [6.07, 6.45) is 1.92. The molecule has 0 aliphatic heterocycles. The Labute approximate surface area is 121 Å². The van der Waals surface area contributed by atoms with Gasteiger partial charge in [0.15, 0.2) is 0 Å². The second-order valence-electron chi connectivity index (χ2n) is 4.12. The van der Waals surface area contributed by atoms with Gasteiger partial charge < -0.3 is 5.41 Å². The van der Waals surface area contributed by atoms with E-state index in [2.05, 4.69) is 34.7 Å². The standard InChI is InChI=1S/C16H14IN/c1-12(13-6-3-2-4-7-13)10-16(18)14-8-5-9-15(17)11-14/h2-11,18H,1H3/b12-10+,18-16?. The van der Waals surface area contributed by atoms with Gasteiger partial charge in [-0.05, 0) is 58.9 Å². The fourth-order valence-corrected chi connectivity index (χ4v) is 2.28. The van der Waals surface area contributed by atoms with Gasteiger partial charge >= 0.3 is 0 Å². The fourth-order valence-electron chi connectivity index (χ4n) is 1.74. The largest absolute Gasteiger partial charge is 0.300 e. The first kappa shape index (κ1) is 13.0. The molecule has 0 unspecified atom stereocenters. The number of halogens is 1. The number of rotatable bonds is 3. The molecule has 0 fully saturated rings. The lowest BCUT2D eigenvalue weighted by atomic mass is 10.0. The molecule has 2 heteroatoms. The van der Waals surface area contributed by atoms with E-state index in [-0.39, 0.29) is 0 Å². The van der Waals surface area contributed by atoms with Crippen LogP contribution in [0.1, 0.15) is 18.1 Å². The first-order valence-corrected chi connectivity index (χ1v) is 6.83. The van der Waals surface area contributed by atoms with Crippen molar-refractivity contribution in [3.8, 4) is 0 Å². The van der Waals surface area contributed by atoms with Crippen LogP contribution in [-0.2, 0) is 0 Å². The maximum Gasteiger partial charge on any atom is 0.0615 e. The van der Waals surface area contributed by atoms with Crippen molar-refractivity contribution >= 4 is 33.9 Å². The van der Waals surface area contributed by atoms with Crippen LogP contribution >= 0.6 is 22.6 Å². The summed E-state index contributed by atoms with van der Waals surface area (Å²) in [6, 6.07) is 18.2. The first-order valence-electron chi connectivity index (χ1n) is 5.75. The van der Waals surface area contributed by atoms with Crippen LogP contribution in [0.5, 0.6) is 0 Å². The summed E-state index contributed by atoms with van der Waals surface area (Å²) in [4.78, 5) is 0. The summed E-state index contributed by atoms with van der Waals surface area (Å²) in [7, 11) is 0. The fraction of sp³-hybridized carbons (Fsp3) is 0.0625. The summed E-state index contributed by atoms with van der Waals surface area (Å²) in [5.41, 5.74) is 3.78. The van der Waals surface area contributed by atoms with E-state index in [9.17, 15) is 0 Å². The summed E-state index contributed by atoms with van der Waals surface area (Å²) in [5, 5.41) is 8.13. The molecule has 2 aromatic carbocycles. The molecule has 0 saturated carbocycles. The maximum atomic E-state index is 8.13. The van der Waals surface area contributed by atoms with Crippen molar-refractivity contribution in [3.05, 3.63) is 75.4 Å². The topological polar surface area (TPSA) is 23.9 Å². The van der Waals surface area contributed by atoms with E-state index in [1.165, 1.54) is 0 Å². The van der Waals surface area contributed by atoms with Gasteiger partial charge in [0.05, 0.1) is 5.71 Å². The molecule has 90 valence electrons. The van der Waals surface area contributed by atoms with E-state index in [0.717, 1.165) is 20.3 Å². The quantitative estimate of drug-likeness (QED) is 0.611.